The summed E-state index contributed by atoms with van der Waals surface area (Å²) in [5, 5.41) is 4.00. The molecule has 2 aromatic rings. The number of nitrogens with zero attached hydrogens (tertiary/aromatic N) is 3. The van der Waals surface area contributed by atoms with Crippen LogP contribution in [0.3, 0.4) is 0 Å². The molecule has 2 heterocycles. The number of hydrogen-bond donors (Lipinski definition) is 0. The maximum atomic E-state index is 12.5. The number of benzene rings is 1. The van der Waals surface area contributed by atoms with E-state index in [0.717, 1.165) is 5.56 Å². The first kappa shape index (κ1) is 20.0. The van der Waals surface area contributed by atoms with Crippen LogP contribution in [0.4, 0.5) is 0 Å². The van der Waals surface area contributed by atoms with E-state index < -0.39 is 11.5 Å². The monoisotopic (exact) mass is 387 g/mol. The normalized spacial score (nSPS) is 15.2. The van der Waals surface area contributed by atoms with Gasteiger partial charge >= 0.3 is 5.97 Å². The Morgan fingerprint density at radius 3 is 2.46 bits per heavy atom. The van der Waals surface area contributed by atoms with E-state index in [-0.39, 0.29) is 25.5 Å². The molecule has 1 fully saturated rings. The Bertz CT molecular complexity index is 840. The second-order valence-electron chi connectivity index (χ2n) is 7.26. The molecule has 8 nitrogen and oxygen atoms in total. The minimum absolute atomic E-state index is 0.138. The molecule has 0 aliphatic carbocycles. The van der Waals surface area contributed by atoms with Crippen molar-refractivity contribution in [2.24, 2.45) is 0 Å². The van der Waals surface area contributed by atoms with Crippen molar-refractivity contribution >= 4 is 11.9 Å². The highest BCUT2D eigenvalue weighted by Gasteiger charge is 2.52. The SMILES string of the molecule is COC(=O)C1(N(C)C(=O)CCc2nc(-c3ccc(C(C)C)cc3)no2)COC1. The van der Waals surface area contributed by atoms with Gasteiger partial charge in [0.1, 0.15) is 0 Å². The number of carbonyl (C=O) groups is 2. The predicted octanol–water partition coefficient (Wildman–Crippen LogP) is 2.19. The third-order valence-corrected chi connectivity index (χ3v) is 5.12. The summed E-state index contributed by atoms with van der Waals surface area (Å²) in [6, 6.07) is 8.00. The number of methoxy groups -OCH3 is 1. The topological polar surface area (TPSA) is 94.8 Å². The molecule has 0 saturated carbocycles. The van der Waals surface area contributed by atoms with Crippen molar-refractivity contribution in [2.75, 3.05) is 27.4 Å². The van der Waals surface area contributed by atoms with Crippen molar-refractivity contribution in [2.45, 2.75) is 38.1 Å². The molecule has 0 N–H and O–H groups in total. The fraction of sp³-hybridized carbons (Fsp3) is 0.500. The highest BCUT2D eigenvalue weighted by molar-refractivity contribution is 5.89. The lowest BCUT2D eigenvalue weighted by Crippen LogP contribution is -2.67. The molecular weight excluding hydrogens is 362 g/mol. The average Bonchev–Trinajstić information content (AvgIpc) is 3.14. The third kappa shape index (κ3) is 3.77. The molecule has 150 valence electrons. The number of likely N-dealkylation sites (N-methyl/N-ethyl adjacent to an activating group) is 1. The molecule has 1 aliphatic heterocycles. The van der Waals surface area contributed by atoms with Crippen molar-refractivity contribution in [1.29, 1.82) is 0 Å². The first-order chi connectivity index (χ1) is 13.4. The minimum Gasteiger partial charge on any atom is -0.467 e. The number of amides is 1. The van der Waals surface area contributed by atoms with Gasteiger partial charge in [0.25, 0.3) is 0 Å². The van der Waals surface area contributed by atoms with Crippen molar-refractivity contribution < 1.29 is 23.6 Å². The Morgan fingerprint density at radius 2 is 1.93 bits per heavy atom. The molecule has 0 spiro atoms. The summed E-state index contributed by atoms with van der Waals surface area (Å²) in [4.78, 5) is 30.3. The van der Waals surface area contributed by atoms with Crippen LogP contribution < -0.4 is 0 Å². The van der Waals surface area contributed by atoms with Gasteiger partial charge in [-0.2, -0.15) is 4.98 Å². The van der Waals surface area contributed by atoms with Crippen molar-refractivity contribution in [3.8, 4) is 11.4 Å². The Morgan fingerprint density at radius 1 is 1.25 bits per heavy atom. The number of rotatable bonds is 7. The van der Waals surface area contributed by atoms with Gasteiger partial charge in [-0.15, -0.1) is 0 Å². The summed E-state index contributed by atoms with van der Waals surface area (Å²) in [7, 11) is 2.88. The summed E-state index contributed by atoms with van der Waals surface area (Å²) < 4.78 is 15.2. The fourth-order valence-corrected chi connectivity index (χ4v) is 3.04. The van der Waals surface area contributed by atoms with Crippen LogP contribution >= 0.6 is 0 Å². The summed E-state index contributed by atoms with van der Waals surface area (Å²) in [5.74, 6) is 0.632. The Kier molecular flexibility index (Phi) is 5.79. The Labute approximate surface area is 163 Å². The zero-order chi connectivity index (χ0) is 20.3. The van der Waals surface area contributed by atoms with Gasteiger partial charge in [0.15, 0.2) is 5.54 Å². The van der Waals surface area contributed by atoms with E-state index in [2.05, 4.69) is 24.0 Å². The average molecular weight is 387 g/mol. The zero-order valence-corrected chi connectivity index (χ0v) is 16.6. The van der Waals surface area contributed by atoms with Crippen LogP contribution in [0, 0.1) is 0 Å². The van der Waals surface area contributed by atoms with Crippen LogP contribution in [0.1, 0.15) is 37.6 Å². The van der Waals surface area contributed by atoms with E-state index in [9.17, 15) is 9.59 Å². The molecule has 8 heteroatoms. The fourth-order valence-electron chi connectivity index (χ4n) is 3.04. The lowest BCUT2D eigenvalue weighted by molar-refractivity contribution is -0.191. The van der Waals surface area contributed by atoms with Gasteiger partial charge in [0, 0.05) is 25.5 Å². The lowest BCUT2D eigenvalue weighted by Gasteiger charge is -2.45. The van der Waals surface area contributed by atoms with Crippen LogP contribution in [0.2, 0.25) is 0 Å². The van der Waals surface area contributed by atoms with Gasteiger partial charge < -0.3 is 18.9 Å². The molecule has 1 aromatic carbocycles. The summed E-state index contributed by atoms with van der Waals surface area (Å²) in [6.45, 7) is 4.54. The minimum atomic E-state index is -1.04. The van der Waals surface area contributed by atoms with Gasteiger partial charge in [-0.25, -0.2) is 4.79 Å². The molecule has 0 bridgehead atoms. The van der Waals surface area contributed by atoms with E-state index >= 15 is 0 Å². The molecule has 1 aromatic heterocycles. The number of esters is 1. The molecular formula is C20H25N3O5. The highest BCUT2D eigenvalue weighted by Crippen LogP contribution is 2.26. The zero-order valence-electron chi connectivity index (χ0n) is 16.6. The van der Waals surface area contributed by atoms with E-state index in [1.54, 1.807) is 7.05 Å². The maximum Gasteiger partial charge on any atom is 0.336 e. The van der Waals surface area contributed by atoms with E-state index in [1.807, 2.05) is 24.3 Å². The van der Waals surface area contributed by atoms with Crippen molar-refractivity contribution in [3.63, 3.8) is 0 Å². The quantitative estimate of drug-likeness (QED) is 0.672. The number of aryl methyl sites for hydroxylation is 1. The van der Waals surface area contributed by atoms with Crippen LogP contribution in [0.25, 0.3) is 11.4 Å². The first-order valence-electron chi connectivity index (χ1n) is 9.23. The highest BCUT2D eigenvalue weighted by atomic mass is 16.6. The van der Waals surface area contributed by atoms with E-state index in [0.29, 0.717) is 24.1 Å². The summed E-state index contributed by atoms with van der Waals surface area (Å²) in [6.07, 6.45) is 0.432. The number of ether oxygens (including phenoxy) is 2. The van der Waals surface area contributed by atoms with E-state index in [4.69, 9.17) is 14.0 Å². The smallest absolute Gasteiger partial charge is 0.336 e. The molecule has 1 saturated heterocycles. The van der Waals surface area contributed by atoms with Crippen molar-refractivity contribution in [3.05, 3.63) is 35.7 Å². The van der Waals surface area contributed by atoms with Crippen LogP contribution in [0.15, 0.2) is 28.8 Å². The van der Waals surface area contributed by atoms with Gasteiger partial charge in [-0.1, -0.05) is 43.3 Å². The van der Waals surface area contributed by atoms with Crippen LogP contribution in [-0.4, -0.2) is 59.8 Å². The number of hydrogen-bond acceptors (Lipinski definition) is 7. The largest absolute Gasteiger partial charge is 0.467 e. The van der Waals surface area contributed by atoms with Crippen LogP contribution in [-0.2, 0) is 25.5 Å². The second kappa shape index (κ2) is 8.10. The lowest BCUT2D eigenvalue weighted by atomic mass is 9.95. The van der Waals surface area contributed by atoms with Gasteiger partial charge in [0.2, 0.25) is 17.6 Å². The second-order valence-corrected chi connectivity index (χ2v) is 7.26. The predicted molar refractivity (Wildman–Crippen MR) is 100 cm³/mol. The number of aromatic nitrogens is 2. The molecule has 0 radical (unpaired) electrons. The standard InChI is InChI=1S/C20H25N3O5/c1-13(2)14-5-7-15(8-6-14)18-21-16(28-22-18)9-10-17(24)23(3)20(11-27-12-20)19(25)26-4/h5-8,13H,9-12H2,1-4H3. The van der Waals surface area contributed by atoms with Gasteiger partial charge in [-0.3, -0.25) is 4.79 Å². The van der Waals surface area contributed by atoms with E-state index in [1.165, 1.54) is 17.6 Å². The van der Waals surface area contributed by atoms with Crippen LogP contribution in [0.5, 0.6) is 0 Å². The van der Waals surface area contributed by atoms with Gasteiger partial charge in [-0.05, 0) is 11.5 Å². The molecule has 1 aliphatic rings. The molecule has 3 rings (SSSR count). The molecule has 0 unspecified atom stereocenters. The molecule has 1 amide bonds. The third-order valence-electron chi connectivity index (χ3n) is 5.12. The van der Waals surface area contributed by atoms with Crippen molar-refractivity contribution in [1.82, 2.24) is 15.0 Å². The molecule has 28 heavy (non-hydrogen) atoms. The maximum absolute atomic E-state index is 12.5. The van der Waals surface area contributed by atoms with Gasteiger partial charge in [0.05, 0.1) is 20.3 Å². The molecule has 0 atom stereocenters. The Balaban J connectivity index is 1.61. The number of carbonyl (C=O) groups excluding carboxylic acids is 2. The summed E-state index contributed by atoms with van der Waals surface area (Å²) in [5.41, 5.74) is 1.06. The first-order valence-corrected chi connectivity index (χ1v) is 9.23. The summed E-state index contributed by atoms with van der Waals surface area (Å²) >= 11 is 0. The Hall–Kier alpha value is -2.74.